The molecule has 0 radical (unpaired) electrons. The summed E-state index contributed by atoms with van der Waals surface area (Å²) in [5.41, 5.74) is -0.579. The molecule has 0 atom stereocenters. The zero-order valence-corrected chi connectivity index (χ0v) is 11.6. The first-order valence-corrected chi connectivity index (χ1v) is 6.46. The summed E-state index contributed by atoms with van der Waals surface area (Å²) in [6, 6.07) is 1.43. The van der Waals surface area contributed by atoms with Crippen LogP contribution in [0.5, 0.6) is 0 Å². The van der Waals surface area contributed by atoms with Crippen molar-refractivity contribution in [3.05, 3.63) is 22.2 Å². The molecule has 0 spiro atoms. The molecule has 1 aromatic rings. The number of H-pyrrole nitrogens is 1. The lowest BCUT2D eigenvalue weighted by atomic mass is 9.94. The third-order valence-corrected chi connectivity index (χ3v) is 3.36. The summed E-state index contributed by atoms with van der Waals surface area (Å²) >= 11 is 0. The van der Waals surface area contributed by atoms with Gasteiger partial charge in [-0.25, -0.2) is 4.98 Å². The molecule has 102 valence electrons. The molecule has 5 nitrogen and oxygen atoms in total. The molecule has 1 heterocycles. The number of anilines is 1. The van der Waals surface area contributed by atoms with Gasteiger partial charge in [-0.3, -0.25) is 4.79 Å². The topological polar surface area (TPSA) is 78.0 Å². The van der Waals surface area contributed by atoms with Gasteiger partial charge in [0.2, 0.25) is 0 Å². The second kappa shape index (κ2) is 6.00. The Bertz CT molecular complexity index is 428. The van der Waals surface area contributed by atoms with E-state index in [1.807, 2.05) is 27.7 Å². The lowest BCUT2D eigenvalue weighted by Gasteiger charge is -2.31. The van der Waals surface area contributed by atoms with E-state index in [2.05, 4.69) is 15.3 Å². The molecule has 5 heteroatoms. The molecule has 0 unspecified atom stereocenters. The molecule has 0 amide bonds. The molecular weight excluding hydrogens is 230 g/mol. The predicted octanol–water partition coefficient (Wildman–Crippen LogP) is 1.86. The molecule has 0 aliphatic carbocycles. The van der Waals surface area contributed by atoms with Gasteiger partial charge in [0.05, 0.1) is 12.1 Å². The van der Waals surface area contributed by atoms with E-state index in [0.29, 0.717) is 11.6 Å². The van der Waals surface area contributed by atoms with Crippen molar-refractivity contribution >= 4 is 5.82 Å². The van der Waals surface area contributed by atoms with Crippen LogP contribution >= 0.6 is 0 Å². The fourth-order valence-corrected chi connectivity index (χ4v) is 1.78. The summed E-state index contributed by atoms with van der Waals surface area (Å²) < 4.78 is 0. The number of rotatable bonds is 6. The van der Waals surface area contributed by atoms with Crippen molar-refractivity contribution < 1.29 is 5.11 Å². The van der Waals surface area contributed by atoms with Crippen molar-refractivity contribution in [2.24, 2.45) is 0 Å². The third kappa shape index (κ3) is 3.32. The van der Waals surface area contributed by atoms with Crippen LogP contribution in [0.4, 0.5) is 5.82 Å². The van der Waals surface area contributed by atoms with Gasteiger partial charge in [0.25, 0.3) is 5.56 Å². The van der Waals surface area contributed by atoms with Gasteiger partial charge < -0.3 is 15.4 Å². The molecule has 18 heavy (non-hydrogen) atoms. The zero-order valence-electron chi connectivity index (χ0n) is 11.6. The van der Waals surface area contributed by atoms with Gasteiger partial charge >= 0.3 is 0 Å². The second-order valence-electron chi connectivity index (χ2n) is 4.94. The van der Waals surface area contributed by atoms with Crippen molar-refractivity contribution in [1.29, 1.82) is 0 Å². The van der Waals surface area contributed by atoms with Crippen LogP contribution in [0.25, 0.3) is 0 Å². The normalized spacial score (nSPS) is 11.9. The number of aromatic amines is 1. The van der Waals surface area contributed by atoms with Crippen molar-refractivity contribution in [2.75, 3.05) is 11.9 Å². The number of aliphatic hydroxyl groups excluding tert-OH is 1. The first-order chi connectivity index (χ1) is 8.46. The third-order valence-electron chi connectivity index (χ3n) is 3.36. The van der Waals surface area contributed by atoms with Gasteiger partial charge in [-0.15, -0.1) is 0 Å². The largest absolute Gasteiger partial charge is 0.394 e. The molecule has 0 saturated carbocycles. The van der Waals surface area contributed by atoms with Gasteiger partial charge in [0.15, 0.2) is 0 Å². The molecule has 0 aromatic carbocycles. The maximum atomic E-state index is 11.6. The number of aromatic nitrogens is 2. The lowest BCUT2D eigenvalue weighted by Crippen LogP contribution is -2.41. The Morgan fingerprint density at radius 2 is 2.06 bits per heavy atom. The zero-order chi connectivity index (χ0) is 13.8. The van der Waals surface area contributed by atoms with Gasteiger partial charge in [-0.2, -0.15) is 0 Å². The van der Waals surface area contributed by atoms with E-state index in [1.54, 1.807) is 0 Å². The first kappa shape index (κ1) is 14.7. The van der Waals surface area contributed by atoms with Crippen LogP contribution < -0.4 is 10.9 Å². The predicted molar refractivity (Wildman–Crippen MR) is 73.0 cm³/mol. The Hall–Kier alpha value is -1.36. The maximum Gasteiger partial charge on any atom is 0.252 e. The average Bonchev–Trinajstić information content (AvgIpc) is 2.35. The van der Waals surface area contributed by atoms with E-state index in [4.69, 9.17) is 0 Å². The summed E-state index contributed by atoms with van der Waals surface area (Å²) in [5.74, 6) is 1.34. The minimum atomic E-state index is -0.408. The van der Waals surface area contributed by atoms with E-state index < -0.39 is 5.54 Å². The molecular formula is C13H23N3O2. The van der Waals surface area contributed by atoms with Crippen molar-refractivity contribution in [2.45, 2.75) is 52.0 Å². The molecule has 1 aromatic heterocycles. The number of hydrogen-bond donors (Lipinski definition) is 3. The maximum absolute atomic E-state index is 11.6. The van der Waals surface area contributed by atoms with Gasteiger partial charge in [-0.05, 0) is 12.8 Å². The van der Waals surface area contributed by atoms with Crippen molar-refractivity contribution in [3.63, 3.8) is 0 Å². The summed E-state index contributed by atoms with van der Waals surface area (Å²) in [5, 5.41) is 12.7. The van der Waals surface area contributed by atoms with E-state index in [0.717, 1.165) is 12.8 Å². The Kier molecular flexibility index (Phi) is 4.90. The molecule has 0 aliphatic heterocycles. The van der Waals surface area contributed by atoms with Gasteiger partial charge in [0, 0.05) is 12.0 Å². The number of nitrogens with one attached hydrogen (secondary N) is 2. The fourth-order valence-electron chi connectivity index (χ4n) is 1.78. The highest BCUT2D eigenvalue weighted by Gasteiger charge is 2.25. The summed E-state index contributed by atoms with van der Waals surface area (Å²) in [6.45, 7) is 7.97. The summed E-state index contributed by atoms with van der Waals surface area (Å²) in [4.78, 5) is 18.7. The lowest BCUT2D eigenvalue weighted by molar-refractivity contribution is 0.202. The first-order valence-electron chi connectivity index (χ1n) is 6.46. The highest BCUT2D eigenvalue weighted by molar-refractivity contribution is 5.37. The van der Waals surface area contributed by atoms with Crippen LogP contribution in [0.3, 0.4) is 0 Å². The number of aliphatic hydroxyl groups is 1. The van der Waals surface area contributed by atoms with Crippen LogP contribution in [0.1, 0.15) is 52.3 Å². The van der Waals surface area contributed by atoms with Crippen LogP contribution in [-0.4, -0.2) is 27.2 Å². The Balaban J connectivity index is 3.07. The minimum Gasteiger partial charge on any atom is -0.394 e. The molecule has 0 saturated heterocycles. The SMILES string of the molecule is CCC(CC)(CO)Nc1cc(=O)[nH]c(C(C)C)n1. The molecule has 3 N–H and O–H groups in total. The number of nitrogens with zero attached hydrogens (tertiary/aromatic N) is 1. The van der Waals surface area contributed by atoms with Crippen molar-refractivity contribution in [1.82, 2.24) is 9.97 Å². The number of hydrogen-bond acceptors (Lipinski definition) is 4. The quantitative estimate of drug-likeness (QED) is 0.723. The molecule has 0 aliphatic rings. The van der Waals surface area contributed by atoms with Crippen LogP contribution in [0, 0.1) is 0 Å². The molecule has 0 fully saturated rings. The van der Waals surface area contributed by atoms with Crippen molar-refractivity contribution in [3.8, 4) is 0 Å². The van der Waals surface area contributed by atoms with Gasteiger partial charge in [0.1, 0.15) is 11.6 Å². The highest BCUT2D eigenvalue weighted by atomic mass is 16.3. The standard InChI is InChI=1S/C13H23N3O2/c1-5-13(6-2,8-17)16-10-7-11(18)15-12(14-10)9(3)4/h7,9,17H,5-6,8H2,1-4H3,(H2,14,15,16,18). The average molecular weight is 253 g/mol. The van der Waals surface area contributed by atoms with E-state index >= 15 is 0 Å². The van der Waals surface area contributed by atoms with E-state index in [9.17, 15) is 9.90 Å². The second-order valence-corrected chi connectivity index (χ2v) is 4.94. The highest BCUT2D eigenvalue weighted by Crippen LogP contribution is 2.20. The summed E-state index contributed by atoms with van der Waals surface area (Å²) in [7, 11) is 0. The summed E-state index contributed by atoms with van der Waals surface area (Å²) in [6.07, 6.45) is 1.54. The smallest absolute Gasteiger partial charge is 0.252 e. The molecule has 1 rings (SSSR count). The van der Waals surface area contributed by atoms with Crippen LogP contribution in [0.2, 0.25) is 0 Å². The monoisotopic (exact) mass is 253 g/mol. The van der Waals surface area contributed by atoms with Crippen LogP contribution in [0.15, 0.2) is 10.9 Å². The Morgan fingerprint density at radius 1 is 1.44 bits per heavy atom. The Morgan fingerprint density at radius 3 is 2.50 bits per heavy atom. The molecule has 0 bridgehead atoms. The Labute approximate surface area is 108 Å². The van der Waals surface area contributed by atoms with E-state index in [1.165, 1.54) is 6.07 Å². The fraction of sp³-hybridized carbons (Fsp3) is 0.692. The minimum absolute atomic E-state index is 0.0193. The van der Waals surface area contributed by atoms with Gasteiger partial charge in [-0.1, -0.05) is 27.7 Å². The van der Waals surface area contributed by atoms with Crippen LogP contribution in [-0.2, 0) is 0 Å². The van der Waals surface area contributed by atoms with E-state index in [-0.39, 0.29) is 18.1 Å².